The second-order valence-corrected chi connectivity index (χ2v) is 8.48. The van der Waals surface area contributed by atoms with Crippen molar-refractivity contribution in [3.8, 4) is 0 Å². The number of para-hydroxylation sites is 1. The van der Waals surface area contributed by atoms with Crippen molar-refractivity contribution >= 4 is 23.5 Å². The lowest BCUT2D eigenvalue weighted by Crippen LogP contribution is -2.46. The molecule has 1 saturated heterocycles. The molecule has 0 saturated carbocycles. The van der Waals surface area contributed by atoms with E-state index >= 15 is 0 Å². The minimum absolute atomic E-state index is 0.211. The number of rotatable bonds is 4. The first-order chi connectivity index (χ1) is 13.3. The molecule has 28 heavy (non-hydrogen) atoms. The van der Waals surface area contributed by atoms with Gasteiger partial charge in [0.05, 0.1) is 16.9 Å². The zero-order valence-electron chi connectivity index (χ0n) is 17.0. The van der Waals surface area contributed by atoms with E-state index in [9.17, 15) is 4.79 Å². The summed E-state index contributed by atoms with van der Waals surface area (Å²) in [5, 5.41) is 0. The molecule has 1 heterocycles. The quantitative estimate of drug-likeness (QED) is 0.620. The first kappa shape index (κ1) is 20.1. The molecule has 1 fully saturated rings. The Morgan fingerprint density at radius 2 is 1.89 bits per heavy atom. The minimum atomic E-state index is -0.533. The highest BCUT2D eigenvalue weighted by atomic mass is 16.1. The third kappa shape index (κ3) is 4.60. The highest BCUT2D eigenvalue weighted by Gasteiger charge is 2.28. The lowest BCUT2D eigenvalue weighted by atomic mass is 9.88. The summed E-state index contributed by atoms with van der Waals surface area (Å²) in [5.41, 5.74) is 15.2. The van der Waals surface area contributed by atoms with E-state index in [0.717, 1.165) is 12.2 Å². The zero-order chi connectivity index (χ0) is 20.3. The Labute approximate surface area is 167 Å². The minimum Gasteiger partial charge on any atom is -0.398 e. The zero-order valence-corrected chi connectivity index (χ0v) is 17.0. The van der Waals surface area contributed by atoms with Crippen LogP contribution in [0.15, 0.2) is 47.5 Å². The first-order valence-electron chi connectivity index (χ1n) is 9.83. The van der Waals surface area contributed by atoms with Crippen LogP contribution in [0, 0.1) is 0 Å². The Balaban J connectivity index is 1.72. The van der Waals surface area contributed by atoms with Gasteiger partial charge in [0, 0.05) is 23.9 Å². The van der Waals surface area contributed by atoms with Crippen LogP contribution in [0.1, 0.15) is 61.0 Å². The van der Waals surface area contributed by atoms with Gasteiger partial charge in [0.1, 0.15) is 0 Å². The molecular weight excluding hydrogens is 348 g/mol. The molecule has 2 aromatic carbocycles. The summed E-state index contributed by atoms with van der Waals surface area (Å²) in [5.74, 6) is 0.0304. The third-order valence-electron chi connectivity index (χ3n) is 5.49. The number of anilines is 1. The van der Waals surface area contributed by atoms with E-state index in [4.69, 9.17) is 11.5 Å². The molecule has 1 atom stereocenters. The summed E-state index contributed by atoms with van der Waals surface area (Å²) in [7, 11) is 0. The number of amides is 1. The molecule has 0 bridgehead atoms. The van der Waals surface area contributed by atoms with Gasteiger partial charge in [-0.1, -0.05) is 24.3 Å². The number of nitrogens with zero attached hydrogens (tertiary/aromatic N) is 2. The summed E-state index contributed by atoms with van der Waals surface area (Å²) in [6.45, 7) is 9.13. The second kappa shape index (κ2) is 8.15. The molecule has 148 valence electrons. The molecule has 0 aromatic heterocycles. The summed E-state index contributed by atoms with van der Waals surface area (Å²) in [4.78, 5) is 18.5. The highest BCUT2D eigenvalue weighted by Crippen LogP contribution is 2.31. The molecule has 0 aliphatic carbocycles. The van der Waals surface area contributed by atoms with Crippen LogP contribution in [-0.4, -0.2) is 35.7 Å². The van der Waals surface area contributed by atoms with Gasteiger partial charge in [0.2, 0.25) is 0 Å². The van der Waals surface area contributed by atoms with Crippen LogP contribution in [0.2, 0.25) is 0 Å². The number of nitrogen functional groups attached to an aromatic ring is 1. The predicted molar refractivity (Wildman–Crippen MR) is 116 cm³/mol. The Morgan fingerprint density at radius 1 is 1.18 bits per heavy atom. The van der Waals surface area contributed by atoms with Gasteiger partial charge in [-0.15, -0.1) is 0 Å². The molecule has 1 amide bonds. The molecule has 5 nitrogen and oxygen atoms in total. The fraction of sp³-hybridized carbons (Fsp3) is 0.391. The van der Waals surface area contributed by atoms with E-state index in [0.29, 0.717) is 22.7 Å². The van der Waals surface area contributed by atoms with Crippen LogP contribution < -0.4 is 11.5 Å². The number of likely N-dealkylation sites (tertiary alicyclic amines) is 1. The maximum Gasteiger partial charge on any atom is 0.250 e. The summed E-state index contributed by atoms with van der Waals surface area (Å²) in [6, 6.07) is 13.6. The first-order valence-corrected chi connectivity index (χ1v) is 9.83. The van der Waals surface area contributed by atoms with Crippen LogP contribution in [-0.2, 0) is 0 Å². The molecule has 0 spiro atoms. The van der Waals surface area contributed by atoms with E-state index < -0.39 is 5.91 Å². The molecule has 1 aliphatic rings. The van der Waals surface area contributed by atoms with Gasteiger partial charge in [-0.05, 0) is 69.8 Å². The van der Waals surface area contributed by atoms with Crippen LogP contribution in [0.5, 0.6) is 0 Å². The fourth-order valence-corrected chi connectivity index (χ4v) is 3.75. The highest BCUT2D eigenvalue weighted by molar-refractivity contribution is 6.02. The molecule has 2 aromatic rings. The lowest BCUT2D eigenvalue weighted by molar-refractivity contribution is 0.0986. The largest absolute Gasteiger partial charge is 0.398 e. The second-order valence-electron chi connectivity index (χ2n) is 8.48. The maximum absolute atomic E-state index is 11.4. The van der Waals surface area contributed by atoms with E-state index in [1.165, 1.54) is 24.9 Å². The molecule has 1 unspecified atom stereocenters. The fourth-order valence-electron chi connectivity index (χ4n) is 3.75. The van der Waals surface area contributed by atoms with Crippen molar-refractivity contribution < 1.29 is 4.79 Å². The smallest absolute Gasteiger partial charge is 0.250 e. The van der Waals surface area contributed by atoms with Crippen molar-refractivity contribution in [2.24, 2.45) is 10.7 Å². The Hall–Kier alpha value is -2.66. The van der Waals surface area contributed by atoms with E-state index in [1.54, 1.807) is 18.3 Å². The van der Waals surface area contributed by atoms with Gasteiger partial charge >= 0.3 is 0 Å². The van der Waals surface area contributed by atoms with Crippen LogP contribution in [0.3, 0.4) is 0 Å². The van der Waals surface area contributed by atoms with Crippen molar-refractivity contribution in [1.82, 2.24) is 4.90 Å². The van der Waals surface area contributed by atoms with Crippen molar-refractivity contribution in [3.05, 3.63) is 59.2 Å². The number of piperidine rings is 1. The summed E-state index contributed by atoms with van der Waals surface area (Å²) in [6.07, 6.45) is 4.14. The van der Waals surface area contributed by atoms with E-state index in [1.807, 2.05) is 18.2 Å². The average molecular weight is 379 g/mol. The van der Waals surface area contributed by atoms with Crippen molar-refractivity contribution in [2.45, 2.75) is 45.1 Å². The predicted octanol–water partition coefficient (Wildman–Crippen LogP) is 4.10. The molecule has 3 rings (SSSR count). The van der Waals surface area contributed by atoms with Crippen molar-refractivity contribution in [2.75, 3.05) is 18.8 Å². The maximum atomic E-state index is 11.4. The number of carbonyl (C=O) groups is 1. The normalized spacial score (nSPS) is 18.5. The molecule has 1 aliphatic heterocycles. The number of hydrogen-bond acceptors (Lipinski definition) is 4. The molecule has 5 heteroatoms. The van der Waals surface area contributed by atoms with Crippen LogP contribution in [0.4, 0.5) is 11.4 Å². The van der Waals surface area contributed by atoms with Gasteiger partial charge in [-0.3, -0.25) is 14.7 Å². The monoisotopic (exact) mass is 378 g/mol. The van der Waals surface area contributed by atoms with Crippen molar-refractivity contribution in [3.63, 3.8) is 0 Å². The van der Waals surface area contributed by atoms with Crippen LogP contribution in [0.25, 0.3) is 0 Å². The molecule has 0 radical (unpaired) electrons. The number of carbonyl (C=O) groups excluding carboxylic acids is 1. The average Bonchev–Trinajstić information content (AvgIpc) is 2.67. The topological polar surface area (TPSA) is 84.7 Å². The molecular formula is C23H30N4O. The Kier molecular flexibility index (Phi) is 5.84. The Morgan fingerprint density at radius 3 is 2.54 bits per heavy atom. The van der Waals surface area contributed by atoms with Gasteiger partial charge in [-0.2, -0.15) is 0 Å². The van der Waals surface area contributed by atoms with E-state index in [-0.39, 0.29) is 5.54 Å². The number of aliphatic imine (C=N–C) groups is 1. The third-order valence-corrected chi connectivity index (χ3v) is 5.49. The number of nitrogens with two attached hydrogens (primary N) is 2. The van der Waals surface area contributed by atoms with Gasteiger partial charge in [0.15, 0.2) is 0 Å². The summed E-state index contributed by atoms with van der Waals surface area (Å²) >= 11 is 0. The molecule has 4 N–H and O–H groups in total. The number of primary amides is 1. The van der Waals surface area contributed by atoms with Crippen molar-refractivity contribution in [1.29, 1.82) is 0 Å². The number of benzene rings is 2. The standard InChI is InChI=1S/C23H30N4O/c1-23(2,3)27-13-5-7-18(15-27)16-9-11-19(12-10-16)26-14-17-6-4-8-20(21(17)24)22(25)28/h4,6,8-12,14,18H,5,7,13,15,24H2,1-3H3,(H2,25,28). The van der Waals surface area contributed by atoms with Gasteiger partial charge < -0.3 is 11.5 Å². The lowest BCUT2D eigenvalue weighted by Gasteiger charge is -2.41. The van der Waals surface area contributed by atoms with Gasteiger partial charge in [0.25, 0.3) is 5.91 Å². The van der Waals surface area contributed by atoms with E-state index in [2.05, 4.69) is 42.8 Å². The Bertz CT molecular complexity index is 865. The van der Waals surface area contributed by atoms with Crippen LogP contribution >= 0.6 is 0 Å². The number of hydrogen-bond donors (Lipinski definition) is 2. The van der Waals surface area contributed by atoms with Gasteiger partial charge in [-0.25, -0.2) is 0 Å². The SMILES string of the molecule is CC(C)(C)N1CCCC(c2ccc(N=Cc3cccc(C(N)=O)c3N)cc2)C1. The summed E-state index contributed by atoms with van der Waals surface area (Å²) < 4.78 is 0.